The Morgan fingerprint density at radius 1 is 1.41 bits per heavy atom. The molecule has 2 unspecified atom stereocenters. The highest BCUT2D eigenvalue weighted by Crippen LogP contribution is 2.20. The van der Waals surface area contributed by atoms with Gasteiger partial charge in [-0.3, -0.25) is 4.90 Å². The molecule has 2 aliphatic heterocycles. The van der Waals surface area contributed by atoms with Crippen LogP contribution in [0.1, 0.15) is 6.42 Å². The Hall–Kier alpha value is 0.420. The standard InChI is InChI=1S/C11H22N2O2.2ClH/c1-14-6-4-13-5-7-15-9-10-8-12-3-2-11(10)13;;/h10-12H,2-9H2,1H3;2*1H. The quantitative estimate of drug-likeness (QED) is 0.832. The summed E-state index contributed by atoms with van der Waals surface area (Å²) in [7, 11) is 1.77. The van der Waals surface area contributed by atoms with Crippen molar-refractivity contribution in [3.63, 3.8) is 0 Å². The molecule has 0 radical (unpaired) electrons. The highest BCUT2D eigenvalue weighted by atomic mass is 35.5. The van der Waals surface area contributed by atoms with Crippen LogP contribution in [0.3, 0.4) is 0 Å². The minimum absolute atomic E-state index is 0. The Bertz CT molecular complexity index is 198. The van der Waals surface area contributed by atoms with E-state index in [4.69, 9.17) is 9.47 Å². The lowest BCUT2D eigenvalue weighted by molar-refractivity contribution is 0.0858. The minimum Gasteiger partial charge on any atom is -0.383 e. The van der Waals surface area contributed by atoms with Crippen LogP contribution in [0, 0.1) is 5.92 Å². The number of nitrogens with zero attached hydrogens (tertiary/aromatic N) is 1. The molecule has 2 heterocycles. The largest absolute Gasteiger partial charge is 0.383 e. The van der Waals surface area contributed by atoms with Crippen molar-refractivity contribution in [3.8, 4) is 0 Å². The molecular weight excluding hydrogens is 263 g/mol. The molecule has 2 aliphatic rings. The van der Waals surface area contributed by atoms with Crippen LogP contribution in [0.2, 0.25) is 0 Å². The SMILES string of the molecule is COCCN1CCOCC2CNCCC21.Cl.Cl. The van der Waals surface area contributed by atoms with Gasteiger partial charge in [0.05, 0.1) is 19.8 Å². The summed E-state index contributed by atoms with van der Waals surface area (Å²) in [5.74, 6) is 0.665. The summed E-state index contributed by atoms with van der Waals surface area (Å²) in [4.78, 5) is 2.54. The van der Waals surface area contributed by atoms with Crippen molar-refractivity contribution >= 4 is 24.8 Å². The molecule has 0 spiro atoms. The highest BCUT2D eigenvalue weighted by Gasteiger charge is 2.31. The molecule has 2 rings (SSSR count). The normalized spacial score (nSPS) is 29.5. The van der Waals surface area contributed by atoms with Gasteiger partial charge in [0.1, 0.15) is 0 Å². The zero-order chi connectivity index (χ0) is 10.5. The number of ether oxygens (including phenoxy) is 2. The zero-order valence-corrected chi connectivity index (χ0v) is 12.0. The van der Waals surface area contributed by atoms with E-state index in [2.05, 4.69) is 10.2 Å². The number of nitrogens with one attached hydrogen (secondary N) is 1. The lowest BCUT2D eigenvalue weighted by Gasteiger charge is -2.37. The van der Waals surface area contributed by atoms with Crippen LogP contribution < -0.4 is 5.32 Å². The maximum atomic E-state index is 5.65. The van der Waals surface area contributed by atoms with Crippen molar-refractivity contribution in [2.75, 3.05) is 53.1 Å². The number of piperidine rings is 1. The van der Waals surface area contributed by atoms with Gasteiger partial charge in [-0.1, -0.05) is 0 Å². The Morgan fingerprint density at radius 3 is 3.00 bits per heavy atom. The lowest BCUT2D eigenvalue weighted by atomic mass is 9.93. The Balaban J connectivity index is 0.00000128. The summed E-state index contributed by atoms with van der Waals surface area (Å²) in [5, 5.41) is 3.45. The third-order valence-corrected chi connectivity index (χ3v) is 3.47. The number of hydrogen-bond donors (Lipinski definition) is 1. The first-order valence-corrected chi connectivity index (χ1v) is 5.93. The lowest BCUT2D eigenvalue weighted by Crippen LogP contribution is -2.50. The van der Waals surface area contributed by atoms with Gasteiger partial charge in [0.2, 0.25) is 0 Å². The second kappa shape index (κ2) is 9.36. The van der Waals surface area contributed by atoms with Gasteiger partial charge < -0.3 is 14.8 Å². The van der Waals surface area contributed by atoms with Gasteiger partial charge in [-0.25, -0.2) is 0 Å². The number of methoxy groups -OCH3 is 1. The van der Waals surface area contributed by atoms with Gasteiger partial charge >= 0.3 is 0 Å². The molecule has 2 fully saturated rings. The van der Waals surface area contributed by atoms with Crippen LogP contribution >= 0.6 is 24.8 Å². The molecular formula is C11H24Cl2N2O2. The monoisotopic (exact) mass is 286 g/mol. The van der Waals surface area contributed by atoms with Crippen LogP contribution in [0.5, 0.6) is 0 Å². The first-order valence-electron chi connectivity index (χ1n) is 5.93. The van der Waals surface area contributed by atoms with E-state index < -0.39 is 0 Å². The van der Waals surface area contributed by atoms with Crippen LogP contribution in [0.4, 0.5) is 0 Å². The maximum Gasteiger partial charge on any atom is 0.0593 e. The van der Waals surface area contributed by atoms with Crippen molar-refractivity contribution in [1.82, 2.24) is 10.2 Å². The fraction of sp³-hybridized carbons (Fsp3) is 1.00. The van der Waals surface area contributed by atoms with Gasteiger partial charge in [0, 0.05) is 38.7 Å². The summed E-state index contributed by atoms with van der Waals surface area (Å²) in [6, 6.07) is 0.698. The third-order valence-electron chi connectivity index (χ3n) is 3.47. The average Bonchev–Trinajstić information content (AvgIpc) is 2.49. The molecule has 0 aromatic rings. The second-order valence-corrected chi connectivity index (χ2v) is 4.42. The van der Waals surface area contributed by atoms with Crippen LogP contribution in [0.25, 0.3) is 0 Å². The molecule has 0 aromatic carbocycles. The Morgan fingerprint density at radius 2 is 2.24 bits per heavy atom. The van der Waals surface area contributed by atoms with Gasteiger partial charge in [0.25, 0.3) is 0 Å². The van der Waals surface area contributed by atoms with Crippen molar-refractivity contribution in [1.29, 1.82) is 0 Å². The molecule has 4 nitrogen and oxygen atoms in total. The van der Waals surface area contributed by atoms with E-state index in [1.165, 1.54) is 6.42 Å². The van der Waals surface area contributed by atoms with Crippen molar-refractivity contribution in [2.24, 2.45) is 5.92 Å². The van der Waals surface area contributed by atoms with Crippen LogP contribution in [-0.4, -0.2) is 64.1 Å². The fourth-order valence-corrected chi connectivity index (χ4v) is 2.63. The van der Waals surface area contributed by atoms with E-state index in [1.54, 1.807) is 7.11 Å². The van der Waals surface area contributed by atoms with Crippen LogP contribution in [-0.2, 0) is 9.47 Å². The summed E-state index contributed by atoms with van der Waals surface area (Å²) >= 11 is 0. The Kier molecular flexibility index (Phi) is 9.59. The second-order valence-electron chi connectivity index (χ2n) is 4.42. The van der Waals surface area contributed by atoms with E-state index in [1.807, 2.05) is 0 Å². The smallest absolute Gasteiger partial charge is 0.0593 e. The van der Waals surface area contributed by atoms with E-state index in [-0.39, 0.29) is 24.8 Å². The van der Waals surface area contributed by atoms with E-state index in [0.29, 0.717) is 12.0 Å². The summed E-state index contributed by atoms with van der Waals surface area (Å²) in [5.41, 5.74) is 0. The molecule has 6 heteroatoms. The number of fused-ring (bicyclic) bond motifs is 1. The molecule has 2 saturated heterocycles. The highest BCUT2D eigenvalue weighted by molar-refractivity contribution is 5.85. The molecule has 0 aliphatic carbocycles. The van der Waals surface area contributed by atoms with Crippen LogP contribution in [0.15, 0.2) is 0 Å². The van der Waals surface area contributed by atoms with E-state index in [0.717, 1.165) is 46.0 Å². The molecule has 0 bridgehead atoms. The first-order chi connectivity index (χ1) is 7.42. The first kappa shape index (κ1) is 17.4. The topological polar surface area (TPSA) is 33.7 Å². The summed E-state index contributed by atoms with van der Waals surface area (Å²) < 4.78 is 10.8. The molecule has 0 amide bonds. The predicted molar refractivity (Wildman–Crippen MR) is 73.5 cm³/mol. The fourth-order valence-electron chi connectivity index (χ4n) is 2.63. The summed E-state index contributed by atoms with van der Waals surface area (Å²) in [6.07, 6.45) is 1.25. The van der Waals surface area contributed by atoms with Gasteiger partial charge in [-0.05, 0) is 13.0 Å². The van der Waals surface area contributed by atoms with Crippen molar-refractivity contribution in [3.05, 3.63) is 0 Å². The molecule has 1 N–H and O–H groups in total. The van der Waals surface area contributed by atoms with Gasteiger partial charge in [-0.15, -0.1) is 24.8 Å². The molecule has 0 saturated carbocycles. The average molecular weight is 287 g/mol. The summed E-state index contributed by atoms with van der Waals surface area (Å²) in [6.45, 7) is 6.97. The van der Waals surface area contributed by atoms with E-state index in [9.17, 15) is 0 Å². The van der Waals surface area contributed by atoms with Crippen molar-refractivity contribution in [2.45, 2.75) is 12.5 Å². The van der Waals surface area contributed by atoms with E-state index >= 15 is 0 Å². The third kappa shape index (κ3) is 4.89. The Labute approximate surface area is 116 Å². The maximum absolute atomic E-state index is 5.65. The zero-order valence-electron chi connectivity index (χ0n) is 10.4. The molecule has 2 atom stereocenters. The number of hydrogen-bond acceptors (Lipinski definition) is 4. The van der Waals surface area contributed by atoms with Gasteiger partial charge in [0.15, 0.2) is 0 Å². The molecule has 17 heavy (non-hydrogen) atoms. The minimum atomic E-state index is 0. The predicted octanol–water partition coefficient (Wildman–Crippen LogP) is 0.787. The van der Waals surface area contributed by atoms with Crippen molar-refractivity contribution < 1.29 is 9.47 Å². The molecule has 104 valence electrons. The molecule has 0 aromatic heterocycles. The van der Waals surface area contributed by atoms with Gasteiger partial charge in [-0.2, -0.15) is 0 Å². The number of rotatable bonds is 3. The number of halogens is 2.